The number of hydrogen-bond donors (Lipinski definition) is 0. The van der Waals surface area contributed by atoms with Crippen LogP contribution in [-0.2, 0) is 0 Å². The van der Waals surface area contributed by atoms with Gasteiger partial charge in [0, 0.05) is 27.5 Å². The first-order valence-corrected chi connectivity index (χ1v) is 18.6. The number of furan rings is 1. The molecule has 252 valence electrons. The summed E-state index contributed by atoms with van der Waals surface area (Å²) in [6.07, 6.45) is 0. The minimum absolute atomic E-state index is 0.000644. The van der Waals surface area contributed by atoms with Crippen molar-refractivity contribution < 1.29 is 4.42 Å². The first-order valence-electron chi connectivity index (χ1n) is 18.6. The molecule has 0 N–H and O–H groups in total. The fourth-order valence-corrected chi connectivity index (χ4v) is 7.62. The van der Waals surface area contributed by atoms with Gasteiger partial charge in [0.05, 0.1) is 0 Å². The monoisotopic (exact) mass is 737 g/mol. The van der Waals surface area contributed by atoms with Crippen molar-refractivity contribution >= 4 is 168 Å². The van der Waals surface area contributed by atoms with Gasteiger partial charge in [0.25, 0.3) is 0 Å². The van der Waals surface area contributed by atoms with E-state index < -0.39 is 0 Å². The average Bonchev–Trinajstić information content (AvgIpc) is 3.69. The van der Waals surface area contributed by atoms with E-state index in [1.807, 2.05) is 72.8 Å². The van der Waals surface area contributed by atoms with Crippen LogP contribution in [0, 0.1) is 0 Å². The highest BCUT2D eigenvalue weighted by atomic mass is 16.3. The minimum Gasteiger partial charge on any atom is -0.457 e. The van der Waals surface area contributed by atoms with Gasteiger partial charge < -0.3 is 4.42 Å². The van der Waals surface area contributed by atoms with Crippen LogP contribution in [0.4, 0.5) is 0 Å². The van der Waals surface area contributed by atoms with E-state index in [1.165, 1.54) is 0 Å². The first kappa shape index (κ1) is 39.5. The van der Waals surface area contributed by atoms with Gasteiger partial charge >= 0.3 is 0 Å². The van der Waals surface area contributed by atoms with Crippen molar-refractivity contribution in [3.05, 3.63) is 109 Å². The number of hydrogen-bond acceptors (Lipinski definition) is 4. The predicted octanol–water partition coefficient (Wildman–Crippen LogP) is -1.50. The predicted molar refractivity (Wildman–Crippen MR) is 259 cm³/mol. The Morgan fingerprint density at radius 3 is 1.12 bits per heavy atom. The quantitative estimate of drug-likeness (QED) is 0.196. The summed E-state index contributed by atoms with van der Waals surface area (Å²) in [6, 6.07) is 36.0. The summed E-state index contributed by atoms with van der Waals surface area (Å²) in [5.41, 5.74) is 6.71. The third-order valence-electron chi connectivity index (χ3n) is 10.9. The summed E-state index contributed by atoms with van der Waals surface area (Å²) < 4.78 is 6.43. The molecule has 0 saturated heterocycles. The molecule has 0 spiro atoms. The number of nitrogens with zero attached hydrogens (tertiary/aromatic N) is 3. The van der Waals surface area contributed by atoms with E-state index >= 15 is 0 Å². The Balaban J connectivity index is 1.25. The van der Waals surface area contributed by atoms with Gasteiger partial charge in [0.15, 0.2) is 17.5 Å². The standard InChI is InChI=1S/C45H18B11N3O/c46-30-27(26-31(47)36(52)39(55)37(53)32(26)48)35(51)42-28(33(30)49)25-29(34(50)38(54)40(56)41(25)60-42)45-58-43(23-9-5-2-6-10-23)57-44(59-45)24-17-15-22(16-18-24)21-13-11-20(12-14-21)19-7-3-1-4-8-19/h1-18H. The molecule has 0 aliphatic carbocycles. The highest BCUT2D eigenvalue weighted by Crippen LogP contribution is 2.34. The van der Waals surface area contributed by atoms with Gasteiger partial charge in [-0.3, -0.25) is 0 Å². The van der Waals surface area contributed by atoms with Crippen molar-refractivity contribution in [2.75, 3.05) is 0 Å². The van der Waals surface area contributed by atoms with Gasteiger partial charge in [-0.15, -0.1) is 21.9 Å². The van der Waals surface area contributed by atoms with Gasteiger partial charge in [-0.2, -0.15) is 0 Å². The average molecular weight is 736 g/mol. The molecule has 0 amide bonds. The molecule has 2 heterocycles. The lowest BCUT2D eigenvalue weighted by molar-refractivity contribution is 0.675. The van der Waals surface area contributed by atoms with Crippen molar-refractivity contribution in [1.82, 2.24) is 15.0 Å². The third-order valence-corrected chi connectivity index (χ3v) is 10.9. The third kappa shape index (κ3) is 6.36. The summed E-state index contributed by atoms with van der Waals surface area (Å²) in [5, 5.41) is 0.593. The van der Waals surface area contributed by atoms with Crippen LogP contribution >= 0.6 is 0 Å². The maximum absolute atomic E-state index is 6.89. The van der Waals surface area contributed by atoms with E-state index in [2.05, 4.69) is 36.4 Å². The molecule has 0 aliphatic rings. The van der Waals surface area contributed by atoms with Crippen LogP contribution in [0.3, 0.4) is 0 Å². The van der Waals surface area contributed by atoms with Gasteiger partial charge in [-0.25, -0.2) is 15.0 Å². The van der Waals surface area contributed by atoms with Crippen LogP contribution in [0.2, 0.25) is 0 Å². The molecule has 0 atom stereocenters. The van der Waals surface area contributed by atoms with Gasteiger partial charge in [0.2, 0.25) is 0 Å². The summed E-state index contributed by atoms with van der Waals surface area (Å²) in [7, 11) is 72.0. The highest BCUT2D eigenvalue weighted by molar-refractivity contribution is 6.71. The van der Waals surface area contributed by atoms with Crippen LogP contribution in [0.5, 0.6) is 0 Å². The molecule has 60 heavy (non-hydrogen) atoms. The summed E-state index contributed by atoms with van der Waals surface area (Å²) in [4.78, 5) is 14.8. The van der Waals surface area contributed by atoms with Crippen molar-refractivity contribution in [1.29, 1.82) is 0 Å². The zero-order valence-electron chi connectivity index (χ0n) is 32.0. The van der Waals surface area contributed by atoms with E-state index in [1.54, 1.807) is 0 Å². The fourth-order valence-electron chi connectivity index (χ4n) is 7.62. The Labute approximate surface area is 362 Å². The van der Waals surface area contributed by atoms with Crippen LogP contribution in [0.15, 0.2) is 114 Å². The lowest BCUT2D eigenvalue weighted by atomic mass is 9.57. The fraction of sp³-hybridized carbons (Fsp3) is 0. The van der Waals surface area contributed by atoms with Gasteiger partial charge in [-0.05, 0) is 38.8 Å². The molecule has 9 aromatic rings. The molecule has 0 aliphatic heterocycles. The number of rotatable bonds is 6. The topological polar surface area (TPSA) is 51.8 Å². The van der Waals surface area contributed by atoms with Crippen LogP contribution in [-0.4, -0.2) is 101 Å². The lowest BCUT2D eigenvalue weighted by Crippen LogP contribution is -2.56. The molecule has 9 rings (SSSR count). The SMILES string of the molecule is [B]c1c([B])c([B])c(-c2c([B])c([B])c3c(oc4c([B])c([B])c([B])c(-c5nc(-c6ccccc6)nc(-c6ccc(-c7ccc(-c8ccccc8)cc7)cc6)n5)c43)c2[B])c([B])c1[B]. The molecule has 15 heteroatoms. The lowest BCUT2D eigenvalue weighted by Gasteiger charge is -2.25. The maximum atomic E-state index is 6.89. The molecular weight excluding hydrogens is 717 g/mol. The summed E-state index contributed by atoms with van der Waals surface area (Å²) in [6.45, 7) is 0. The van der Waals surface area contributed by atoms with Crippen molar-refractivity contribution in [2.24, 2.45) is 0 Å². The zero-order chi connectivity index (χ0) is 42.1. The molecule has 0 saturated carbocycles. The Hall–Kier alpha value is -5.94. The second-order valence-electron chi connectivity index (χ2n) is 14.4. The zero-order valence-corrected chi connectivity index (χ0v) is 32.0. The molecule has 22 radical (unpaired) electrons. The summed E-state index contributed by atoms with van der Waals surface area (Å²) >= 11 is 0. The van der Waals surface area contributed by atoms with Gasteiger partial charge in [-0.1, -0.05) is 142 Å². The number of aromatic nitrogens is 3. The highest BCUT2D eigenvalue weighted by Gasteiger charge is 2.27. The van der Waals surface area contributed by atoms with Crippen molar-refractivity contribution in [2.45, 2.75) is 0 Å². The Morgan fingerprint density at radius 2 is 0.600 bits per heavy atom. The Morgan fingerprint density at radius 1 is 0.267 bits per heavy atom. The van der Waals surface area contributed by atoms with Crippen LogP contribution < -0.4 is 60.1 Å². The van der Waals surface area contributed by atoms with E-state index in [4.69, 9.17) is 106 Å². The number of benzene rings is 7. The van der Waals surface area contributed by atoms with Crippen molar-refractivity contribution in [3.63, 3.8) is 0 Å². The maximum Gasteiger partial charge on any atom is 0.164 e. The van der Waals surface area contributed by atoms with E-state index in [0.717, 1.165) is 27.8 Å². The van der Waals surface area contributed by atoms with Crippen molar-refractivity contribution in [3.8, 4) is 67.5 Å². The van der Waals surface area contributed by atoms with Crippen LogP contribution in [0.25, 0.3) is 89.5 Å². The van der Waals surface area contributed by atoms with E-state index in [0.29, 0.717) is 22.6 Å². The smallest absolute Gasteiger partial charge is 0.164 e. The normalized spacial score (nSPS) is 11.4. The summed E-state index contributed by atoms with van der Waals surface area (Å²) in [5.74, 6) is 0.884. The van der Waals surface area contributed by atoms with E-state index in [-0.39, 0.29) is 99.2 Å². The van der Waals surface area contributed by atoms with Gasteiger partial charge in [0.1, 0.15) is 97.5 Å². The first-order chi connectivity index (χ1) is 28.8. The molecule has 4 nitrogen and oxygen atoms in total. The Kier molecular flexibility index (Phi) is 10.1. The molecule has 2 aromatic heterocycles. The minimum atomic E-state index is -0.00200. The Bertz CT molecular complexity index is 3170. The number of fused-ring (bicyclic) bond motifs is 3. The molecular formula is C45H18B11N3O. The van der Waals surface area contributed by atoms with Crippen LogP contribution in [0.1, 0.15) is 0 Å². The molecule has 0 bridgehead atoms. The second kappa shape index (κ2) is 15.3. The van der Waals surface area contributed by atoms with E-state index in [9.17, 15) is 0 Å². The molecule has 0 unspecified atom stereocenters. The molecule has 0 fully saturated rings. The second-order valence-corrected chi connectivity index (χ2v) is 14.4. The molecule has 7 aromatic carbocycles. The largest absolute Gasteiger partial charge is 0.457 e.